The second-order valence-electron chi connectivity index (χ2n) is 5.09. The summed E-state index contributed by atoms with van der Waals surface area (Å²) >= 11 is 0. The molecule has 2 rings (SSSR count). The van der Waals surface area contributed by atoms with Crippen molar-refractivity contribution >= 4 is 15.9 Å². The summed E-state index contributed by atoms with van der Waals surface area (Å²) in [5.74, 6) is 0.177. The zero-order valence-electron chi connectivity index (χ0n) is 13.4. The van der Waals surface area contributed by atoms with Crippen molar-refractivity contribution in [1.29, 1.82) is 0 Å². The molecule has 0 atom stereocenters. The molecule has 0 saturated heterocycles. The van der Waals surface area contributed by atoms with Crippen molar-refractivity contribution in [2.24, 2.45) is 0 Å². The topological polar surface area (TPSA) is 97.4 Å². The Morgan fingerprint density at radius 3 is 2.71 bits per heavy atom. The number of nitrogens with zero attached hydrogens (tertiary/aromatic N) is 1. The summed E-state index contributed by atoms with van der Waals surface area (Å²) in [6.07, 6.45) is 3.26. The fraction of sp³-hybridized carbons (Fsp3) is 0.250. The minimum absolute atomic E-state index is 0.0841. The number of hydrogen-bond acceptors (Lipinski definition) is 5. The van der Waals surface area contributed by atoms with Gasteiger partial charge >= 0.3 is 0 Å². The second kappa shape index (κ2) is 7.89. The summed E-state index contributed by atoms with van der Waals surface area (Å²) in [5, 5.41) is 2.63. The van der Waals surface area contributed by atoms with E-state index in [1.165, 1.54) is 19.2 Å². The van der Waals surface area contributed by atoms with Crippen LogP contribution in [0.5, 0.6) is 5.75 Å². The molecular formula is C16H19N3O4S. The molecule has 0 bridgehead atoms. The van der Waals surface area contributed by atoms with Gasteiger partial charge in [0.25, 0.3) is 0 Å². The summed E-state index contributed by atoms with van der Waals surface area (Å²) in [5.41, 5.74) is 1.53. The maximum atomic E-state index is 12.2. The number of nitrogens with one attached hydrogen (secondary N) is 2. The van der Waals surface area contributed by atoms with Crippen LogP contribution in [0.15, 0.2) is 47.6 Å². The third-order valence-corrected chi connectivity index (χ3v) is 4.71. The second-order valence-corrected chi connectivity index (χ2v) is 6.86. The fourth-order valence-corrected chi connectivity index (χ4v) is 3.09. The Bertz CT molecular complexity index is 807. The average molecular weight is 349 g/mol. The van der Waals surface area contributed by atoms with E-state index in [0.29, 0.717) is 11.3 Å². The SMILES string of the molecule is COc1ccc(S(=O)(=O)NCC(=O)NCc2cccnc2)cc1C. The number of hydrogen-bond donors (Lipinski definition) is 2. The van der Waals surface area contributed by atoms with Crippen molar-refractivity contribution < 1.29 is 17.9 Å². The predicted molar refractivity (Wildman–Crippen MR) is 89.0 cm³/mol. The number of carbonyl (C=O) groups excluding carboxylic acids is 1. The lowest BCUT2D eigenvalue weighted by Crippen LogP contribution is -2.36. The van der Waals surface area contributed by atoms with E-state index < -0.39 is 15.9 Å². The van der Waals surface area contributed by atoms with Gasteiger partial charge < -0.3 is 10.1 Å². The third-order valence-electron chi connectivity index (χ3n) is 3.31. The number of sulfonamides is 1. The van der Waals surface area contributed by atoms with Gasteiger partial charge in [0.05, 0.1) is 18.6 Å². The molecule has 1 aromatic carbocycles. The van der Waals surface area contributed by atoms with Crippen LogP contribution in [0.1, 0.15) is 11.1 Å². The highest BCUT2D eigenvalue weighted by Gasteiger charge is 2.16. The number of carbonyl (C=O) groups is 1. The maximum Gasteiger partial charge on any atom is 0.241 e. The van der Waals surface area contributed by atoms with Crippen molar-refractivity contribution in [3.8, 4) is 5.75 Å². The highest BCUT2D eigenvalue weighted by Crippen LogP contribution is 2.21. The summed E-state index contributed by atoms with van der Waals surface area (Å²) in [6, 6.07) is 8.08. The van der Waals surface area contributed by atoms with Crippen LogP contribution in [-0.2, 0) is 21.4 Å². The molecule has 0 unspecified atom stereocenters. The van der Waals surface area contributed by atoms with Crippen LogP contribution in [0.3, 0.4) is 0 Å². The molecule has 1 aromatic heterocycles. The number of ether oxygens (including phenoxy) is 1. The van der Waals surface area contributed by atoms with Crippen LogP contribution in [-0.4, -0.2) is 33.0 Å². The van der Waals surface area contributed by atoms with Gasteiger partial charge in [-0.2, -0.15) is 0 Å². The summed E-state index contributed by atoms with van der Waals surface area (Å²) in [4.78, 5) is 15.8. The van der Waals surface area contributed by atoms with Gasteiger partial charge in [0, 0.05) is 18.9 Å². The fourth-order valence-electron chi connectivity index (χ4n) is 2.03. The Labute approximate surface area is 141 Å². The molecule has 2 aromatic rings. The minimum atomic E-state index is -3.76. The van der Waals surface area contributed by atoms with Gasteiger partial charge in [-0.3, -0.25) is 9.78 Å². The van der Waals surface area contributed by atoms with Crippen LogP contribution in [0.25, 0.3) is 0 Å². The predicted octanol–water partition coefficient (Wildman–Crippen LogP) is 0.993. The van der Waals surface area contributed by atoms with Crippen LogP contribution < -0.4 is 14.8 Å². The van der Waals surface area contributed by atoms with E-state index in [1.807, 2.05) is 6.07 Å². The monoisotopic (exact) mass is 349 g/mol. The van der Waals surface area contributed by atoms with Gasteiger partial charge in [-0.25, -0.2) is 13.1 Å². The first kappa shape index (κ1) is 17.9. The summed E-state index contributed by atoms with van der Waals surface area (Å²) in [7, 11) is -2.25. The van der Waals surface area contributed by atoms with Crippen molar-refractivity contribution in [2.75, 3.05) is 13.7 Å². The van der Waals surface area contributed by atoms with Crippen LogP contribution in [0, 0.1) is 6.92 Å². The van der Waals surface area contributed by atoms with Gasteiger partial charge in [-0.15, -0.1) is 0 Å². The first-order valence-electron chi connectivity index (χ1n) is 7.22. The normalized spacial score (nSPS) is 11.1. The van der Waals surface area contributed by atoms with Gasteiger partial charge in [0.15, 0.2) is 0 Å². The zero-order chi connectivity index (χ0) is 17.6. The number of aromatic nitrogens is 1. The zero-order valence-corrected chi connectivity index (χ0v) is 14.3. The Morgan fingerprint density at radius 1 is 1.29 bits per heavy atom. The van der Waals surface area contributed by atoms with E-state index in [9.17, 15) is 13.2 Å². The molecule has 1 heterocycles. The van der Waals surface area contributed by atoms with Gasteiger partial charge in [0.1, 0.15) is 5.75 Å². The van der Waals surface area contributed by atoms with Gasteiger partial charge in [-0.05, 0) is 42.3 Å². The average Bonchev–Trinajstić information content (AvgIpc) is 2.59. The molecule has 128 valence electrons. The lowest BCUT2D eigenvalue weighted by atomic mass is 10.2. The van der Waals surface area contributed by atoms with E-state index in [4.69, 9.17) is 4.74 Å². The molecule has 0 fully saturated rings. The van der Waals surface area contributed by atoms with Crippen molar-refractivity contribution in [3.05, 3.63) is 53.9 Å². The highest BCUT2D eigenvalue weighted by molar-refractivity contribution is 7.89. The number of benzene rings is 1. The molecular weight excluding hydrogens is 330 g/mol. The highest BCUT2D eigenvalue weighted by atomic mass is 32.2. The molecule has 0 aliphatic carbocycles. The molecule has 24 heavy (non-hydrogen) atoms. The van der Waals surface area contributed by atoms with Crippen LogP contribution in [0.4, 0.5) is 0 Å². The van der Waals surface area contributed by atoms with Gasteiger partial charge in [-0.1, -0.05) is 6.07 Å². The Kier molecular flexibility index (Phi) is 5.88. The first-order valence-corrected chi connectivity index (χ1v) is 8.70. The Hall–Kier alpha value is -2.45. The van der Waals surface area contributed by atoms with E-state index in [-0.39, 0.29) is 18.0 Å². The standard InChI is InChI=1S/C16H19N3O4S/c1-12-8-14(5-6-15(12)23-2)24(21,22)19-11-16(20)18-10-13-4-3-7-17-9-13/h3-9,19H,10-11H2,1-2H3,(H,18,20). The molecule has 2 N–H and O–H groups in total. The van der Waals surface area contributed by atoms with Crippen LogP contribution >= 0.6 is 0 Å². The van der Waals surface area contributed by atoms with Gasteiger partial charge in [0.2, 0.25) is 15.9 Å². The van der Waals surface area contributed by atoms with E-state index in [1.54, 1.807) is 31.5 Å². The van der Waals surface area contributed by atoms with E-state index in [2.05, 4.69) is 15.0 Å². The van der Waals surface area contributed by atoms with Crippen LogP contribution in [0.2, 0.25) is 0 Å². The molecule has 1 amide bonds. The van der Waals surface area contributed by atoms with Crippen molar-refractivity contribution in [1.82, 2.24) is 15.0 Å². The molecule has 0 aliphatic heterocycles. The smallest absolute Gasteiger partial charge is 0.241 e. The number of amides is 1. The molecule has 8 heteroatoms. The number of methoxy groups -OCH3 is 1. The van der Waals surface area contributed by atoms with E-state index >= 15 is 0 Å². The largest absolute Gasteiger partial charge is 0.496 e. The summed E-state index contributed by atoms with van der Waals surface area (Å²) < 4.78 is 31.8. The number of aryl methyl sites for hydroxylation is 1. The lowest BCUT2D eigenvalue weighted by Gasteiger charge is -2.10. The number of rotatable bonds is 7. The first-order chi connectivity index (χ1) is 11.4. The van der Waals surface area contributed by atoms with Crippen molar-refractivity contribution in [2.45, 2.75) is 18.4 Å². The van der Waals surface area contributed by atoms with E-state index in [0.717, 1.165) is 5.56 Å². The molecule has 0 aliphatic rings. The molecule has 0 saturated carbocycles. The van der Waals surface area contributed by atoms with Crippen molar-refractivity contribution in [3.63, 3.8) is 0 Å². The minimum Gasteiger partial charge on any atom is -0.496 e. The maximum absolute atomic E-state index is 12.2. The molecule has 0 radical (unpaired) electrons. The summed E-state index contributed by atoms with van der Waals surface area (Å²) in [6.45, 7) is 1.70. The third kappa shape index (κ3) is 4.77. The molecule has 0 spiro atoms. The Morgan fingerprint density at radius 2 is 2.08 bits per heavy atom. The quantitative estimate of drug-likeness (QED) is 0.777. The number of pyridine rings is 1. The molecule has 7 nitrogen and oxygen atoms in total. The Balaban J connectivity index is 1.92. The lowest BCUT2D eigenvalue weighted by molar-refractivity contribution is -0.120.